The van der Waals surface area contributed by atoms with E-state index < -0.39 is 18.4 Å². The number of aromatic hydroxyl groups is 1. The van der Waals surface area contributed by atoms with Crippen molar-refractivity contribution < 1.29 is 47.9 Å². The van der Waals surface area contributed by atoms with Crippen LogP contribution in [0.3, 0.4) is 0 Å². The van der Waals surface area contributed by atoms with Gasteiger partial charge in [0.1, 0.15) is 31.3 Å². The topological polar surface area (TPSA) is 137 Å². The number of rotatable bonds is 19. The Balaban J connectivity index is 1.15. The fraction of sp³-hybridized carbons (Fsp3) is 0.375. The Morgan fingerprint density at radius 3 is 2.48 bits per heavy atom. The lowest BCUT2D eigenvalue weighted by Gasteiger charge is -2.37. The Labute approximate surface area is 303 Å². The number of phenols is 1. The van der Waals surface area contributed by atoms with Gasteiger partial charge < -0.3 is 42.8 Å². The number of phenolic OH excluding ortho intramolecular Hbond substituents is 1. The molecule has 3 aromatic carbocycles. The largest absolute Gasteiger partial charge is 0.508 e. The average Bonchev–Trinajstić information content (AvgIpc) is 3.68. The Morgan fingerprint density at radius 1 is 0.923 bits per heavy atom. The zero-order valence-electron chi connectivity index (χ0n) is 29.6. The van der Waals surface area contributed by atoms with Crippen molar-refractivity contribution in [3.8, 4) is 23.0 Å². The van der Waals surface area contributed by atoms with Crippen molar-refractivity contribution in [2.24, 2.45) is 5.92 Å². The van der Waals surface area contributed by atoms with Gasteiger partial charge in [0.2, 0.25) is 0 Å². The zero-order valence-corrected chi connectivity index (χ0v) is 29.6. The average molecular weight is 715 g/mol. The van der Waals surface area contributed by atoms with E-state index in [4.69, 9.17) is 33.2 Å². The van der Waals surface area contributed by atoms with Gasteiger partial charge in [-0.2, -0.15) is 0 Å². The minimum Gasteiger partial charge on any atom is -0.508 e. The molecule has 3 atom stereocenters. The molecule has 0 radical (unpaired) electrons. The van der Waals surface area contributed by atoms with Crippen LogP contribution in [0.1, 0.15) is 67.0 Å². The van der Waals surface area contributed by atoms with Crippen LogP contribution < -0.4 is 14.2 Å². The SMILES string of the molecule is CCOC(=O)CC/C=C\C[C@@H]1CO[C@H](c2ccc(OCCOc3cc(C(=O)OCC)ccc3OCCn3ccnc3)cc2)O[C@@H]1c1ccccc1O. The second-order valence-electron chi connectivity index (χ2n) is 11.9. The highest BCUT2D eigenvalue weighted by Crippen LogP contribution is 2.42. The van der Waals surface area contributed by atoms with Gasteiger partial charge in [-0.05, 0) is 63.1 Å². The number of hydrogen-bond acceptors (Lipinski definition) is 11. The van der Waals surface area contributed by atoms with E-state index >= 15 is 0 Å². The van der Waals surface area contributed by atoms with Gasteiger partial charge in [-0.3, -0.25) is 4.79 Å². The van der Waals surface area contributed by atoms with Gasteiger partial charge in [0.25, 0.3) is 0 Å². The number of carbonyl (C=O) groups is 2. The molecule has 1 aromatic heterocycles. The summed E-state index contributed by atoms with van der Waals surface area (Å²) in [6.07, 6.45) is 9.76. The van der Waals surface area contributed by atoms with E-state index in [1.54, 1.807) is 56.7 Å². The highest BCUT2D eigenvalue weighted by molar-refractivity contribution is 5.90. The normalized spacial score (nSPS) is 17.1. The van der Waals surface area contributed by atoms with E-state index in [0.717, 1.165) is 5.56 Å². The summed E-state index contributed by atoms with van der Waals surface area (Å²) in [5.41, 5.74) is 1.86. The van der Waals surface area contributed by atoms with Crippen molar-refractivity contribution in [3.05, 3.63) is 114 Å². The first kappa shape index (κ1) is 37.9. The number of allylic oxidation sites excluding steroid dienone is 2. The minimum atomic E-state index is -0.648. The molecule has 52 heavy (non-hydrogen) atoms. The molecule has 1 aliphatic rings. The van der Waals surface area contributed by atoms with Crippen LogP contribution in [0, 0.1) is 5.92 Å². The van der Waals surface area contributed by atoms with Crippen molar-refractivity contribution >= 4 is 11.9 Å². The van der Waals surface area contributed by atoms with Gasteiger partial charge in [-0.25, -0.2) is 9.78 Å². The van der Waals surface area contributed by atoms with Crippen LogP contribution in [-0.2, 0) is 30.3 Å². The summed E-state index contributed by atoms with van der Waals surface area (Å²) in [6.45, 7) is 6.00. The second kappa shape index (κ2) is 19.9. The molecule has 0 aliphatic carbocycles. The summed E-state index contributed by atoms with van der Waals surface area (Å²) in [5.74, 6) is 0.991. The molecule has 12 nitrogen and oxygen atoms in total. The summed E-state index contributed by atoms with van der Waals surface area (Å²) in [7, 11) is 0. The van der Waals surface area contributed by atoms with Crippen molar-refractivity contribution in [1.29, 1.82) is 0 Å². The monoisotopic (exact) mass is 714 g/mol. The van der Waals surface area contributed by atoms with Crippen LogP contribution in [0.5, 0.6) is 23.0 Å². The number of carbonyl (C=O) groups excluding carboxylic acids is 2. The number of para-hydroxylation sites is 1. The van der Waals surface area contributed by atoms with Gasteiger partial charge in [-0.15, -0.1) is 0 Å². The maximum absolute atomic E-state index is 12.4. The third-order valence-electron chi connectivity index (χ3n) is 8.21. The van der Waals surface area contributed by atoms with E-state index in [-0.39, 0.29) is 37.5 Å². The van der Waals surface area contributed by atoms with Crippen molar-refractivity contribution in [3.63, 3.8) is 0 Å². The van der Waals surface area contributed by atoms with Gasteiger partial charge in [-0.1, -0.05) is 42.5 Å². The maximum Gasteiger partial charge on any atom is 0.338 e. The predicted molar refractivity (Wildman–Crippen MR) is 191 cm³/mol. The highest BCUT2D eigenvalue weighted by Gasteiger charge is 2.34. The Morgan fingerprint density at radius 2 is 1.71 bits per heavy atom. The molecule has 0 amide bonds. The van der Waals surface area contributed by atoms with Crippen molar-refractivity contribution in [1.82, 2.24) is 9.55 Å². The lowest BCUT2D eigenvalue weighted by Crippen LogP contribution is -2.30. The maximum atomic E-state index is 12.4. The molecule has 1 N–H and O–H groups in total. The molecule has 12 heteroatoms. The van der Waals surface area contributed by atoms with Crippen LogP contribution in [0.25, 0.3) is 0 Å². The van der Waals surface area contributed by atoms with E-state index in [1.165, 1.54) is 0 Å². The van der Waals surface area contributed by atoms with Gasteiger partial charge >= 0.3 is 11.9 Å². The van der Waals surface area contributed by atoms with Crippen LogP contribution in [0.15, 0.2) is 97.6 Å². The highest BCUT2D eigenvalue weighted by atomic mass is 16.7. The number of imidazole rings is 1. The molecule has 5 rings (SSSR count). The number of benzene rings is 3. The summed E-state index contributed by atoms with van der Waals surface area (Å²) >= 11 is 0. The van der Waals surface area contributed by atoms with Crippen molar-refractivity contribution in [2.45, 2.75) is 52.0 Å². The fourth-order valence-corrected chi connectivity index (χ4v) is 5.62. The summed E-state index contributed by atoms with van der Waals surface area (Å²) in [4.78, 5) is 28.1. The molecule has 0 bridgehead atoms. The third kappa shape index (κ3) is 11.1. The molecule has 1 saturated heterocycles. The van der Waals surface area contributed by atoms with Gasteiger partial charge in [0.05, 0.1) is 44.4 Å². The predicted octanol–water partition coefficient (Wildman–Crippen LogP) is 6.99. The summed E-state index contributed by atoms with van der Waals surface area (Å²) in [6, 6.07) is 19.6. The molecular weight excluding hydrogens is 668 g/mol. The number of hydrogen-bond donors (Lipinski definition) is 1. The Hall–Kier alpha value is -5.33. The molecule has 4 aromatic rings. The Bertz CT molecular complexity index is 1720. The molecule has 0 saturated carbocycles. The Kier molecular flexibility index (Phi) is 14.5. The van der Waals surface area contributed by atoms with Crippen molar-refractivity contribution in [2.75, 3.05) is 39.6 Å². The first-order chi connectivity index (χ1) is 25.4. The van der Waals surface area contributed by atoms with Gasteiger partial charge in [0.15, 0.2) is 17.8 Å². The smallest absolute Gasteiger partial charge is 0.338 e. The molecule has 0 unspecified atom stereocenters. The fourth-order valence-electron chi connectivity index (χ4n) is 5.62. The van der Waals surface area contributed by atoms with Crippen LogP contribution in [0.2, 0.25) is 0 Å². The first-order valence-electron chi connectivity index (χ1n) is 17.6. The van der Waals surface area contributed by atoms with Crippen LogP contribution >= 0.6 is 0 Å². The molecule has 1 aliphatic heterocycles. The number of ether oxygens (including phenoxy) is 7. The van der Waals surface area contributed by atoms with E-state index in [1.807, 2.05) is 59.3 Å². The van der Waals surface area contributed by atoms with Gasteiger partial charge in [0, 0.05) is 35.9 Å². The standard InChI is InChI=1S/C40H46N2O10/c1-3-46-37(44)13-7-5-6-10-31-27-51-40(52-38(31)33-11-8-9-12-34(33)43)29-14-17-32(18-15-29)48-24-25-50-36-26-30(39(45)47-4-2)16-19-35(36)49-23-22-42-21-20-41-28-42/h5-6,8-9,11-12,14-21,26,28,31,38,40,43H,3-4,7,10,13,22-25,27H2,1-2H3/b6-5-/t31-,38+,40+/m1/s1. The molecule has 276 valence electrons. The molecule has 1 fully saturated rings. The third-order valence-corrected chi connectivity index (χ3v) is 8.21. The molecule has 2 heterocycles. The number of esters is 2. The molecule has 0 spiro atoms. The summed E-state index contributed by atoms with van der Waals surface area (Å²) in [5, 5.41) is 10.7. The lowest BCUT2D eigenvalue weighted by atomic mass is 9.91. The van der Waals surface area contributed by atoms with Crippen LogP contribution in [0.4, 0.5) is 0 Å². The van der Waals surface area contributed by atoms with E-state index in [0.29, 0.717) is 74.0 Å². The number of aromatic nitrogens is 2. The van der Waals surface area contributed by atoms with E-state index in [9.17, 15) is 14.7 Å². The quantitative estimate of drug-likeness (QED) is 0.0611. The summed E-state index contributed by atoms with van der Waals surface area (Å²) < 4.78 is 42.6. The number of nitrogens with zero attached hydrogens (tertiary/aromatic N) is 2. The van der Waals surface area contributed by atoms with Crippen LogP contribution in [-0.4, -0.2) is 66.2 Å². The molecular formula is C40H46N2O10. The minimum absolute atomic E-state index is 0.0495. The zero-order chi connectivity index (χ0) is 36.5. The second-order valence-corrected chi connectivity index (χ2v) is 11.9. The lowest BCUT2D eigenvalue weighted by molar-refractivity contribution is -0.244. The first-order valence-corrected chi connectivity index (χ1v) is 17.6. The van der Waals surface area contributed by atoms with E-state index in [2.05, 4.69) is 4.98 Å².